The molecule has 0 bridgehead atoms. The third-order valence-electron chi connectivity index (χ3n) is 5.08. The van der Waals surface area contributed by atoms with Crippen LogP contribution in [-0.2, 0) is 6.61 Å². The average molecular weight is 459 g/mol. The molecule has 0 spiro atoms. The second-order valence-electron chi connectivity index (χ2n) is 7.17. The summed E-state index contributed by atoms with van der Waals surface area (Å²) < 4.78 is 5.36. The van der Waals surface area contributed by atoms with E-state index in [9.17, 15) is 4.79 Å². The molecular formula is C22H20Cl2N4O3. The largest absolute Gasteiger partial charge is 0.418 e. The zero-order chi connectivity index (χ0) is 22.0. The van der Waals surface area contributed by atoms with Crippen LogP contribution in [0.1, 0.15) is 23.4 Å². The van der Waals surface area contributed by atoms with Crippen LogP contribution >= 0.6 is 23.2 Å². The quantitative estimate of drug-likeness (QED) is 0.562. The molecule has 2 heterocycles. The molecule has 3 aromatic rings. The van der Waals surface area contributed by atoms with Gasteiger partial charge in [0.15, 0.2) is 0 Å². The second-order valence-corrected chi connectivity index (χ2v) is 7.99. The monoisotopic (exact) mass is 458 g/mol. The number of nitrogens with one attached hydrogen (secondary N) is 1. The standard InChI is InChI=1S/C22H20Cl2N4O3/c1-13-2-4-16(11-18(13)23)25-22(30)28-8-6-14(7-9-28)17-5-3-15(10-19(17)24)21-27-26-20(12-29)31-21/h2-6,10-11,29H,7-9,12H2,1H3,(H,25,30). The lowest BCUT2D eigenvalue weighted by atomic mass is 9.98. The van der Waals surface area contributed by atoms with Crippen molar-refractivity contribution in [2.24, 2.45) is 0 Å². The first-order valence-electron chi connectivity index (χ1n) is 9.69. The molecule has 1 aliphatic heterocycles. The van der Waals surface area contributed by atoms with Crippen molar-refractivity contribution in [3.63, 3.8) is 0 Å². The Kier molecular flexibility index (Phi) is 6.27. The fourth-order valence-corrected chi connectivity index (χ4v) is 3.80. The van der Waals surface area contributed by atoms with Crippen molar-refractivity contribution in [3.05, 3.63) is 69.5 Å². The number of aliphatic hydroxyl groups is 1. The summed E-state index contributed by atoms with van der Waals surface area (Å²) in [4.78, 5) is 14.3. The third-order valence-corrected chi connectivity index (χ3v) is 5.80. The van der Waals surface area contributed by atoms with E-state index in [1.54, 1.807) is 17.0 Å². The fraction of sp³-hybridized carbons (Fsp3) is 0.227. The maximum absolute atomic E-state index is 12.6. The maximum Gasteiger partial charge on any atom is 0.322 e. The Morgan fingerprint density at radius 1 is 1.19 bits per heavy atom. The number of hydrogen-bond acceptors (Lipinski definition) is 5. The minimum atomic E-state index is -0.313. The van der Waals surface area contributed by atoms with Crippen LogP contribution in [0.2, 0.25) is 10.0 Å². The fourth-order valence-electron chi connectivity index (χ4n) is 3.31. The average Bonchev–Trinajstić information content (AvgIpc) is 3.26. The number of aromatic nitrogens is 2. The zero-order valence-corrected chi connectivity index (χ0v) is 18.2. The number of anilines is 1. The molecular weight excluding hydrogens is 439 g/mol. The third kappa shape index (κ3) is 4.74. The zero-order valence-electron chi connectivity index (χ0n) is 16.7. The highest BCUT2D eigenvalue weighted by Gasteiger charge is 2.20. The second kappa shape index (κ2) is 9.09. The van der Waals surface area contributed by atoms with Gasteiger partial charge in [0.05, 0.1) is 0 Å². The molecule has 2 amide bonds. The van der Waals surface area contributed by atoms with Gasteiger partial charge in [-0.15, -0.1) is 10.2 Å². The van der Waals surface area contributed by atoms with Crippen molar-refractivity contribution in [3.8, 4) is 11.5 Å². The number of urea groups is 1. The van der Waals surface area contributed by atoms with E-state index < -0.39 is 0 Å². The van der Waals surface area contributed by atoms with E-state index in [1.807, 2.05) is 37.3 Å². The number of aryl methyl sites for hydroxylation is 1. The summed E-state index contributed by atoms with van der Waals surface area (Å²) >= 11 is 12.6. The maximum atomic E-state index is 12.6. The van der Waals surface area contributed by atoms with Crippen LogP contribution in [-0.4, -0.2) is 39.3 Å². The Morgan fingerprint density at radius 3 is 2.68 bits per heavy atom. The molecule has 0 unspecified atom stereocenters. The van der Waals surface area contributed by atoms with Gasteiger partial charge in [-0.3, -0.25) is 0 Å². The van der Waals surface area contributed by atoms with Gasteiger partial charge in [0.2, 0.25) is 11.8 Å². The molecule has 1 aliphatic rings. The topological polar surface area (TPSA) is 91.5 Å². The van der Waals surface area contributed by atoms with E-state index in [0.717, 1.165) is 16.7 Å². The van der Waals surface area contributed by atoms with Crippen LogP contribution in [0.3, 0.4) is 0 Å². The Bertz CT molecular complexity index is 1160. The van der Waals surface area contributed by atoms with Crippen molar-refractivity contribution in [2.45, 2.75) is 20.0 Å². The van der Waals surface area contributed by atoms with Crippen molar-refractivity contribution in [2.75, 3.05) is 18.4 Å². The normalized spacial score (nSPS) is 13.8. The molecule has 31 heavy (non-hydrogen) atoms. The highest BCUT2D eigenvalue weighted by Crippen LogP contribution is 2.32. The Labute approximate surface area is 189 Å². The summed E-state index contributed by atoms with van der Waals surface area (Å²) in [6.45, 7) is 2.64. The highest BCUT2D eigenvalue weighted by molar-refractivity contribution is 6.32. The summed E-state index contributed by atoms with van der Waals surface area (Å²) in [5.74, 6) is 0.450. The highest BCUT2D eigenvalue weighted by atomic mass is 35.5. The SMILES string of the molecule is Cc1ccc(NC(=O)N2CC=C(c3ccc(-c4nnc(CO)o4)cc3Cl)CC2)cc1Cl. The summed E-state index contributed by atoms with van der Waals surface area (Å²) in [5, 5.41) is 20.8. The van der Waals surface area contributed by atoms with E-state index in [4.69, 9.17) is 32.7 Å². The summed E-state index contributed by atoms with van der Waals surface area (Å²) in [6, 6.07) is 10.8. The summed E-state index contributed by atoms with van der Waals surface area (Å²) in [5.41, 5.74) is 4.27. The molecule has 0 aliphatic carbocycles. The molecule has 2 N–H and O–H groups in total. The predicted molar refractivity (Wildman–Crippen MR) is 120 cm³/mol. The molecule has 7 nitrogen and oxygen atoms in total. The number of amides is 2. The van der Waals surface area contributed by atoms with Crippen LogP contribution in [0, 0.1) is 6.92 Å². The summed E-state index contributed by atoms with van der Waals surface area (Å²) in [6.07, 6.45) is 2.68. The van der Waals surface area contributed by atoms with Gasteiger partial charge in [-0.2, -0.15) is 0 Å². The van der Waals surface area contributed by atoms with Crippen molar-refractivity contribution in [1.82, 2.24) is 15.1 Å². The number of hydrogen-bond donors (Lipinski definition) is 2. The number of halogens is 2. The van der Waals surface area contributed by atoms with E-state index >= 15 is 0 Å². The van der Waals surface area contributed by atoms with Gasteiger partial charge in [0, 0.05) is 34.4 Å². The number of carbonyl (C=O) groups excluding carboxylic acids is 1. The van der Waals surface area contributed by atoms with E-state index in [-0.39, 0.29) is 18.5 Å². The first kappa shape index (κ1) is 21.4. The van der Waals surface area contributed by atoms with Crippen LogP contribution < -0.4 is 5.32 Å². The van der Waals surface area contributed by atoms with Crippen LogP contribution in [0.15, 0.2) is 46.9 Å². The van der Waals surface area contributed by atoms with E-state index in [2.05, 4.69) is 15.5 Å². The Balaban J connectivity index is 1.43. The van der Waals surface area contributed by atoms with Crippen LogP contribution in [0.25, 0.3) is 17.0 Å². The van der Waals surface area contributed by atoms with Crippen LogP contribution in [0.4, 0.5) is 10.5 Å². The van der Waals surface area contributed by atoms with Crippen molar-refractivity contribution >= 4 is 40.5 Å². The molecule has 4 rings (SSSR count). The van der Waals surface area contributed by atoms with Gasteiger partial charge in [0.1, 0.15) is 6.61 Å². The van der Waals surface area contributed by atoms with Crippen molar-refractivity contribution in [1.29, 1.82) is 0 Å². The number of rotatable bonds is 4. The summed E-state index contributed by atoms with van der Waals surface area (Å²) in [7, 11) is 0. The molecule has 0 fully saturated rings. The van der Waals surface area contributed by atoms with E-state index in [1.165, 1.54) is 0 Å². The van der Waals surface area contributed by atoms with E-state index in [0.29, 0.717) is 46.7 Å². The molecule has 1 aromatic heterocycles. The van der Waals surface area contributed by atoms with Gasteiger partial charge in [0.25, 0.3) is 0 Å². The molecule has 0 atom stereocenters. The number of carbonyl (C=O) groups is 1. The molecule has 0 radical (unpaired) electrons. The van der Waals surface area contributed by atoms with Crippen molar-refractivity contribution < 1.29 is 14.3 Å². The molecule has 2 aromatic carbocycles. The minimum absolute atomic E-state index is 0.150. The minimum Gasteiger partial charge on any atom is -0.418 e. The van der Waals surface area contributed by atoms with Gasteiger partial charge >= 0.3 is 6.03 Å². The molecule has 9 heteroatoms. The van der Waals surface area contributed by atoms with Crippen LogP contribution in [0.5, 0.6) is 0 Å². The lowest BCUT2D eigenvalue weighted by Crippen LogP contribution is -2.37. The molecule has 0 saturated heterocycles. The first-order chi connectivity index (χ1) is 14.9. The number of nitrogens with zero attached hydrogens (tertiary/aromatic N) is 3. The molecule has 0 saturated carbocycles. The Morgan fingerprint density at radius 2 is 2.03 bits per heavy atom. The first-order valence-corrected chi connectivity index (χ1v) is 10.4. The van der Waals surface area contributed by atoms with Gasteiger partial charge in [-0.05, 0) is 54.3 Å². The lowest BCUT2D eigenvalue weighted by Gasteiger charge is -2.27. The number of benzene rings is 2. The number of aliphatic hydroxyl groups excluding tert-OH is 1. The van der Waals surface area contributed by atoms with Gasteiger partial charge in [-0.1, -0.05) is 41.4 Å². The Hall–Kier alpha value is -2.87. The predicted octanol–water partition coefficient (Wildman–Crippen LogP) is 5.17. The van der Waals surface area contributed by atoms with Gasteiger partial charge in [-0.25, -0.2) is 4.79 Å². The molecule has 160 valence electrons. The van der Waals surface area contributed by atoms with Gasteiger partial charge < -0.3 is 19.7 Å². The smallest absolute Gasteiger partial charge is 0.322 e. The lowest BCUT2D eigenvalue weighted by molar-refractivity contribution is 0.217.